The molecule has 0 radical (unpaired) electrons. The number of hydrogen-bond acceptors (Lipinski definition) is 4. The van der Waals surface area contributed by atoms with E-state index in [-0.39, 0.29) is 5.69 Å². The fraction of sp³-hybridized carbons (Fsp3) is 0. The highest BCUT2D eigenvalue weighted by atomic mass is 15.1. The minimum atomic E-state index is 0.261. The number of hydrogen-bond donors (Lipinski definition) is 0. The van der Waals surface area contributed by atoms with E-state index in [1.807, 2.05) is 91.0 Å². The first-order chi connectivity index (χ1) is 40.1. The van der Waals surface area contributed by atoms with Crippen molar-refractivity contribution >= 4 is 77.7 Å². The molecule has 0 bridgehead atoms. The van der Waals surface area contributed by atoms with Crippen LogP contribution < -0.4 is 0 Å². The van der Waals surface area contributed by atoms with Crippen LogP contribution >= 0.6 is 0 Å². The molecule has 0 amide bonds. The van der Waals surface area contributed by atoms with Crippen molar-refractivity contribution in [3.63, 3.8) is 0 Å². The topological polar surface area (TPSA) is 131 Å². The van der Waals surface area contributed by atoms with Crippen LogP contribution in [0.25, 0.3) is 140 Å². The van der Waals surface area contributed by atoms with Crippen LogP contribution in [0.5, 0.6) is 0 Å². The molecule has 0 saturated carbocycles. The molecule has 0 unspecified atom stereocenters. The third-order valence-electron chi connectivity index (χ3n) is 14.6. The number of aromatic nitrogens is 2. The molecule has 0 N–H and O–H groups in total. The fourth-order valence-corrected chi connectivity index (χ4v) is 10.9. The summed E-state index contributed by atoms with van der Waals surface area (Å²) in [5.74, 6) is 0. The molecular weight excluding hydrogens is 1010 g/mol. The van der Waals surface area contributed by atoms with Gasteiger partial charge in [0.15, 0.2) is 34.1 Å². The van der Waals surface area contributed by atoms with Crippen molar-refractivity contribution in [2.45, 2.75) is 0 Å². The van der Waals surface area contributed by atoms with E-state index in [9.17, 15) is 21.0 Å². The Bertz CT molecular complexity index is 4910. The van der Waals surface area contributed by atoms with Crippen molar-refractivity contribution in [3.8, 4) is 91.3 Å². The Hall–Kier alpha value is -13.3. The quantitative estimate of drug-likeness (QED) is 0.147. The molecule has 82 heavy (non-hydrogen) atoms. The lowest BCUT2D eigenvalue weighted by atomic mass is 9.99. The Morgan fingerprint density at radius 2 is 0.622 bits per heavy atom. The maximum atomic E-state index is 10.1. The lowest BCUT2D eigenvalue weighted by molar-refractivity contribution is 1.10. The molecule has 0 saturated heterocycles. The largest absolute Gasteiger partial charge is 0.308 e. The van der Waals surface area contributed by atoms with Crippen LogP contribution in [-0.2, 0) is 0 Å². The van der Waals surface area contributed by atoms with Crippen molar-refractivity contribution < 1.29 is 0 Å². The lowest BCUT2D eigenvalue weighted by Gasteiger charge is -2.20. The van der Waals surface area contributed by atoms with Crippen molar-refractivity contribution in [1.82, 2.24) is 9.13 Å². The average Bonchev–Trinajstić information content (AvgIpc) is 2.10. The fourth-order valence-electron chi connectivity index (χ4n) is 10.9. The molecule has 0 aliphatic heterocycles. The zero-order chi connectivity index (χ0) is 56.8. The summed E-state index contributed by atoms with van der Waals surface area (Å²) >= 11 is 0. The van der Waals surface area contributed by atoms with Crippen LogP contribution in [0.15, 0.2) is 182 Å². The molecule has 12 nitrogen and oxygen atoms in total. The number of fused-ring (bicyclic) bond motifs is 6. The second-order valence-corrected chi connectivity index (χ2v) is 19.2. The molecule has 2 heterocycles. The first-order valence-corrected chi connectivity index (χ1v) is 25.0. The van der Waals surface area contributed by atoms with Crippen molar-refractivity contribution in [2.24, 2.45) is 0 Å². The van der Waals surface area contributed by atoms with Gasteiger partial charge in [0.1, 0.15) is 0 Å². The molecule has 12 heteroatoms. The first kappa shape index (κ1) is 49.6. The molecular formula is C70H30N12. The third-order valence-corrected chi connectivity index (χ3v) is 14.6. The summed E-state index contributed by atoms with van der Waals surface area (Å²) in [6.07, 6.45) is 0. The molecule has 2 aromatic heterocycles. The van der Waals surface area contributed by atoms with Gasteiger partial charge in [0.25, 0.3) is 0 Å². The maximum Gasteiger partial charge on any atom is 0.197 e. The van der Waals surface area contributed by atoms with E-state index >= 15 is 0 Å². The minimum Gasteiger partial charge on any atom is -0.308 e. The van der Waals surface area contributed by atoms with E-state index in [0.29, 0.717) is 140 Å². The number of benzene rings is 10. The summed E-state index contributed by atoms with van der Waals surface area (Å²) in [5, 5.41) is 43.7. The molecule has 0 atom stereocenters. The van der Waals surface area contributed by atoms with E-state index < -0.39 is 0 Å². The van der Waals surface area contributed by atoms with Gasteiger partial charge in [-0.3, -0.25) is 0 Å². The summed E-state index contributed by atoms with van der Waals surface area (Å²) < 4.78 is 4.19. The van der Waals surface area contributed by atoms with Gasteiger partial charge >= 0.3 is 0 Å². The molecule has 12 rings (SSSR count). The molecule has 0 aliphatic rings. The van der Waals surface area contributed by atoms with Gasteiger partial charge in [-0.1, -0.05) is 84.9 Å². The number of rotatable bonds is 7. The van der Waals surface area contributed by atoms with Crippen molar-refractivity contribution in [3.05, 3.63) is 273 Å². The molecule has 10 aromatic carbocycles. The van der Waals surface area contributed by atoms with E-state index in [2.05, 4.69) is 62.5 Å². The Balaban J connectivity index is 1.28. The van der Waals surface area contributed by atoms with Gasteiger partial charge in [-0.15, -0.1) is 0 Å². The third kappa shape index (κ3) is 8.44. The predicted octanol–water partition coefficient (Wildman–Crippen LogP) is 19.0. The predicted molar refractivity (Wildman–Crippen MR) is 319 cm³/mol. The lowest BCUT2D eigenvalue weighted by Crippen LogP contribution is -2.04. The van der Waals surface area contributed by atoms with Gasteiger partial charge in [0.2, 0.25) is 0 Å². The van der Waals surface area contributed by atoms with Crippen LogP contribution in [-0.4, -0.2) is 9.13 Å². The Kier molecular flexibility index (Phi) is 12.1. The average molecular weight is 1040 g/mol. The standard InChI is InChI=1S/C70H30N12/c1-75-54-9-7-8-49(25-54)63-35-69(81-65-31-46(51-21-43(39-73)23-55(26-51)76-2)11-15-59(65)60-16-12-47(32-66(60)81)52-22-44(40-74)24-56(27-52)77-3)70(36-64(63)80-6)82-67-30-45(50-19-41(37-71)18-42(20-50)38-72)10-14-61(67)62-17-13-48(33-68(62)82)53-28-57(78-4)34-58(29-53)79-5/h7-36H. The second kappa shape index (κ2) is 20.0. The van der Waals surface area contributed by atoms with Gasteiger partial charge in [-0.25, -0.2) is 29.1 Å². The van der Waals surface area contributed by atoms with Gasteiger partial charge in [-0.2, -0.15) is 21.0 Å². The Morgan fingerprint density at radius 3 is 1.00 bits per heavy atom. The molecule has 0 spiro atoms. The maximum absolute atomic E-state index is 10.1. The van der Waals surface area contributed by atoms with E-state index in [4.69, 9.17) is 39.4 Å². The van der Waals surface area contributed by atoms with Gasteiger partial charge in [0, 0.05) is 32.7 Å². The summed E-state index contributed by atoms with van der Waals surface area (Å²) in [6, 6.07) is 63.5. The molecule has 0 aliphatic carbocycles. The van der Waals surface area contributed by atoms with E-state index in [0.717, 1.165) is 21.5 Å². The van der Waals surface area contributed by atoms with E-state index in [1.165, 1.54) is 6.07 Å². The smallest absolute Gasteiger partial charge is 0.197 e. The highest BCUT2D eigenvalue weighted by molar-refractivity contribution is 6.14. The van der Waals surface area contributed by atoms with Crippen LogP contribution in [0.3, 0.4) is 0 Å². The SMILES string of the molecule is [C-]#[N+]c1cc(C#N)cc(-c2ccc3c4ccc(-c5cc(C#N)cc([N+]#[C-])c5)cc4n(-c4cc(-c5cccc([N+]#[C-])c5)c([N+]#[C-])cc4-n4c5cc(-c6cc(C#N)cc(C#N)c6)ccc5c5ccc(-c6cc([N+]#[C-])cc([N+]#[C-])c6)cc54)c3c2)c1. The first-order valence-electron chi connectivity index (χ1n) is 25.0. The normalized spacial score (nSPS) is 10.6. The summed E-state index contributed by atoms with van der Waals surface area (Å²) in [7, 11) is 0. The Labute approximate surface area is 469 Å². The van der Waals surface area contributed by atoms with Gasteiger partial charge < -0.3 is 9.13 Å². The number of nitriles is 4. The highest BCUT2D eigenvalue weighted by Crippen LogP contribution is 2.47. The summed E-state index contributed by atoms with van der Waals surface area (Å²) in [6.45, 7) is 48.5. The number of nitrogens with zero attached hydrogens (tertiary/aromatic N) is 12. The highest BCUT2D eigenvalue weighted by Gasteiger charge is 2.25. The molecule has 0 fully saturated rings. The van der Waals surface area contributed by atoms with Crippen molar-refractivity contribution in [1.29, 1.82) is 21.0 Å². The zero-order valence-electron chi connectivity index (χ0n) is 42.7. The molecule has 370 valence electrons. The van der Waals surface area contributed by atoms with Crippen LogP contribution in [0.4, 0.5) is 34.1 Å². The van der Waals surface area contributed by atoms with Gasteiger partial charge in [-0.05, 0) is 153 Å². The van der Waals surface area contributed by atoms with Crippen LogP contribution in [0.1, 0.15) is 22.3 Å². The monoisotopic (exact) mass is 1040 g/mol. The summed E-state index contributed by atoms with van der Waals surface area (Å²) in [5.41, 5.74) is 13.4. The van der Waals surface area contributed by atoms with Crippen molar-refractivity contribution in [2.75, 3.05) is 0 Å². The van der Waals surface area contributed by atoms with Gasteiger partial charge in [0.05, 0.1) is 108 Å². The van der Waals surface area contributed by atoms with Crippen LogP contribution in [0, 0.1) is 84.8 Å². The summed E-state index contributed by atoms with van der Waals surface area (Å²) in [4.78, 5) is 22.7. The molecule has 12 aromatic rings. The Morgan fingerprint density at radius 1 is 0.280 bits per heavy atom. The minimum absolute atomic E-state index is 0.261. The van der Waals surface area contributed by atoms with Crippen LogP contribution in [0.2, 0.25) is 0 Å². The zero-order valence-corrected chi connectivity index (χ0v) is 42.7. The second-order valence-electron chi connectivity index (χ2n) is 19.2. The van der Waals surface area contributed by atoms with E-state index in [1.54, 1.807) is 84.9 Å².